The van der Waals surface area contributed by atoms with Crippen molar-refractivity contribution < 1.29 is 19.0 Å². The summed E-state index contributed by atoms with van der Waals surface area (Å²) in [6.07, 6.45) is 0.984. The predicted octanol–water partition coefficient (Wildman–Crippen LogP) is 4.30. The molecule has 0 radical (unpaired) electrons. The van der Waals surface area contributed by atoms with Gasteiger partial charge in [-0.25, -0.2) is 0 Å². The molecule has 0 heterocycles. The van der Waals surface area contributed by atoms with E-state index in [0.717, 1.165) is 12.0 Å². The Morgan fingerprint density at radius 1 is 1.00 bits per heavy atom. The van der Waals surface area contributed by atoms with Crippen molar-refractivity contribution in [2.45, 2.75) is 45.8 Å². The second-order valence-corrected chi connectivity index (χ2v) is 6.35. The van der Waals surface area contributed by atoms with Crippen LogP contribution < -0.4 is 19.5 Å². The molecule has 0 aliphatic carbocycles. The van der Waals surface area contributed by atoms with Gasteiger partial charge < -0.3 is 19.5 Å². The van der Waals surface area contributed by atoms with Crippen LogP contribution in [-0.2, 0) is 11.2 Å². The minimum atomic E-state index is -0.559. The minimum Gasteiger partial charge on any atom is -0.497 e. The number of ether oxygens (including phenoxy) is 3. The van der Waals surface area contributed by atoms with Gasteiger partial charge >= 0.3 is 0 Å². The van der Waals surface area contributed by atoms with Crippen LogP contribution in [0.2, 0.25) is 0 Å². The second kappa shape index (κ2) is 9.86. The molecule has 0 unspecified atom stereocenters. The Kier molecular flexibility index (Phi) is 7.53. The first kappa shape index (κ1) is 20.6. The van der Waals surface area contributed by atoms with Crippen LogP contribution in [0, 0.1) is 0 Å². The van der Waals surface area contributed by atoms with E-state index in [2.05, 4.69) is 12.2 Å². The fraction of sp³-hybridized carbons (Fsp3) is 0.409. The molecular formula is C22H29NO4. The summed E-state index contributed by atoms with van der Waals surface area (Å²) in [6.45, 7) is 5.95. The number of benzene rings is 2. The third kappa shape index (κ3) is 5.39. The molecule has 146 valence electrons. The highest BCUT2D eigenvalue weighted by Gasteiger charge is 2.22. The molecular weight excluding hydrogens is 342 g/mol. The lowest BCUT2D eigenvalue weighted by Crippen LogP contribution is -2.39. The summed E-state index contributed by atoms with van der Waals surface area (Å²) >= 11 is 0. The van der Waals surface area contributed by atoms with E-state index in [4.69, 9.17) is 14.2 Å². The number of carbonyl (C=O) groups is 1. The average molecular weight is 371 g/mol. The molecule has 0 spiro atoms. The van der Waals surface area contributed by atoms with Gasteiger partial charge in [0.25, 0.3) is 5.91 Å². The van der Waals surface area contributed by atoms with Crippen molar-refractivity contribution in [3.8, 4) is 17.2 Å². The fourth-order valence-electron chi connectivity index (χ4n) is 2.85. The van der Waals surface area contributed by atoms with E-state index in [1.807, 2.05) is 56.3 Å². The zero-order chi connectivity index (χ0) is 19.8. The summed E-state index contributed by atoms with van der Waals surface area (Å²) in [4.78, 5) is 12.7. The van der Waals surface area contributed by atoms with Crippen LogP contribution >= 0.6 is 0 Å². The van der Waals surface area contributed by atoms with Crippen molar-refractivity contribution in [1.29, 1.82) is 0 Å². The van der Waals surface area contributed by atoms with E-state index >= 15 is 0 Å². The lowest BCUT2D eigenvalue weighted by Gasteiger charge is -2.22. The molecule has 27 heavy (non-hydrogen) atoms. The number of hydrogen-bond acceptors (Lipinski definition) is 4. The zero-order valence-electron chi connectivity index (χ0n) is 16.7. The number of aryl methyl sites for hydroxylation is 1. The topological polar surface area (TPSA) is 56.8 Å². The first-order chi connectivity index (χ1) is 13.0. The highest BCUT2D eigenvalue weighted by Crippen LogP contribution is 2.29. The molecule has 0 saturated carbocycles. The van der Waals surface area contributed by atoms with Crippen molar-refractivity contribution in [2.75, 3.05) is 14.2 Å². The molecule has 0 aliphatic heterocycles. The largest absolute Gasteiger partial charge is 0.497 e. The molecule has 0 aliphatic rings. The number of methoxy groups -OCH3 is 2. The van der Waals surface area contributed by atoms with Gasteiger partial charge in [0.15, 0.2) is 6.10 Å². The van der Waals surface area contributed by atoms with Crippen LogP contribution in [0.1, 0.15) is 44.4 Å². The van der Waals surface area contributed by atoms with Crippen LogP contribution in [0.3, 0.4) is 0 Å². The summed E-state index contributed by atoms with van der Waals surface area (Å²) in [6, 6.07) is 13.1. The first-order valence-corrected chi connectivity index (χ1v) is 9.30. The van der Waals surface area contributed by atoms with Crippen molar-refractivity contribution in [1.82, 2.24) is 5.32 Å². The molecule has 0 fully saturated rings. The molecule has 0 aromatic heterocycles. The number of rotatable bonds is 9. The Bertz CT molecular complexity index is 742. The van der Waals surface area contributed by atoms with Gasteiger partial charge in [-0.3, -0.25) is 4.79 Å². The van der Waals surface area contributed by atoms with Gasteiger partial charge in [-0.1, -0.05) is 26.0 Å². The Morgan fingerprint density at radius 2 is 1.67 bits per heavy atom. The smallest absolute Gasteiger partial charge is 0.261 e. The Balaban J connectivity index is 2.08. The van der Waals surface area contributed by atoms with Crippen molar-refractivity contribution >= 4 is 5.91 Å². The van der Waals surface area contributed by atoms with E-state index in [0.29, 0.717) is 23.7 Å². The van der Waals surface area contributed by atoms with Crippen LogP contribution in [0.5, 0.6) is 17.2 Å². The number of amides is 1. The highest BCUT2D eigenvalue weighted by atomic mass is 16.5. The standard InChI is InChI=1S/C22H29NO4/c1-6-16-8-10-17(11-9-16)27-20(7-2)22(24)23-15(3)19-14-18(25-4)12-13-21(19)26-5/h8-15,20H,6-7H2,1-5H3,(H,23,24)/t15-,20+/m1/s1. The number of nitrogens with one attached hydrogen (secondary N) is 1. The monoisotopic (exact) mass is 371 g/mol. The molecule has 2 aromatic rings. The molecule has 2 atom stereocenters. The van der Waals surface area contributed by atoms with E-state index in [1.54, 1.807) is 14.2 Å². The predicted molar refractivity (Wildman–Crippen MR) is 107 cm³/mol. The van der Waals surface area contributed by atoms with Gasteiger partial charge in [0.1, 0.15) is 17.2 Å². The van der Waals surface area contributed by atoms with Gasteiger partial charge in [-0.05, 0) is 55.7 Å². The Labute approximate surface area is 161 Å². The van der Waals surface area contributed by atoms with E-state index in [1.165, 1.54) is 5.56 Å². The van der Waals surface area contributed by atoms with Gasteiger partial charge in [0.05, 0.1) is 20.3 Å². The molecule has 2 aromatic carbocycles. The van der Waals surface area contributed by atoms with Gasteiger partial charge in [0.2, 0.25) is 0 Å². The Hall–Kier alpha value is -2.69. The minimum absolute atomic E-state index is 0.158. The number of carbonyl (C=O) groups excluding carboxylic acids is 1. The van der Waals surface area contributed by atoms with Crippen molar-refractivity contribution in [3.05, 3.63) is 53.6 Å². The van der Waals surface area contributed by atoms with E-state index in [9.17, 15) is 4.79 Å². The third-order valence-electron chi connectivity index (χ3n) is 4.54. The van der Waals surface area contributed by atoms with Crippen LogP contribution in [0.25, 0.3) is 0 Å². The lowest BCUT2D eigenvalue weighted by molar-refractivity contribution is -0.128. The van der Waals surface area contributed by atoms with Gasteiger partial charge in [-0.2, -0.15) is 0 Å². The van der Waals surface area contributed by atoms with Crippen LogP contribution in [0.4, 0.5) is 0 Å². The summed E-state index contributed by atoms with van der Waals surface area (Å²) < 4.78 is 16.6. The molecule has 0 saturated heterocycles. The fourth-order valence-corrected chi connectivity index (χ4v) is 2.85. The normalized spacial score (nSPS) is 12.8. The summed E-state index contributed by atoms with van der Waals surface area (Å²) in [7, 11) is 3.22. The lowest BCUT2D eigenvalue weighted by atomic mass is 10.1. The van der Waals surface area contributed by atoms with Gasteiger partial charge in [-0.15, -0.1) is 0 Å². The highest BCUT2D eigenvalue weighted by molar-refractivity contribution is 5.81. The van der Waals surface area contributed by atoms with Crippen molar-refractivity contribution in [2.24, 2.45) is 0 Å². The molecule has 1 amide bonds. The van der Waals surface area contributed by atoms with E-state index < -0.39 is 6.10 Å². The molecule has 5 heteroatoms. The average Bonchev–Trinajstić information content (AvgIpc) is 2.71. The second-order valence-electron chi connectivity index (χ2n) is 6.35. The summed E-state index contributed by atoms with van der Waals surface area (Å²) in [5, 5.41) is 3.02. The molecule has 1 N–H and O–H groups in total. The summed E-state index contributed by atoms with van der Waals surface area (Å²) in [5.74, 6) is 1.95. The molecule has 0 bridgehead atoms. The number of hydrogen-bond donors (Lipinski definition) is 1. The maximum Gasteiger partial charge on any atom is 0.261 e. The first-order valence-electron chi connectivity index (χ1n) is 9.30. The third-order valence-corrected chi connectivity index (χ3v) is 4.54. The zero-order valence-corrected chi connectivity index (χ0v) is 16.7. The maximum absolute atomic E-state index is 12.7. The van der Waals surface area contributed by atoms with E-state index in [-0.39, 0.29) is 11.9 Å². The molecule has 5 nitrogen and oxygen atoms in total. The maximum atomic E-state index is 12.7. The van der Waals surface area contributed by atoms with Crippen molar-refractivity contribution in [3.63, 3.8) is 0 Å². The van der Waals surface area contributed by atoms with Crippen LogP contribution in [0.15, 0.2) is 42.5 Å². The van der Waals surface area contributed by atoms with Crippen LogP contribution in [-0.4, -0.2) is 26.2 Å². The molecule has 2 rings (SSSR count). The van der Waals surface area contributed by atoms with Gasteiger partial charge in [0, 0.05) is 5.56 Å². The SMILES string of the molecule is CCc1ccc(O[C@@H](CC)C(=O)N[C@H](C)c2cc(OC)ccc2OC)cc1. The Morgan fingerprint density at radius 3 is 2.22 bits per heavy atom. The summed E-state index contributed by atoms with van der Waals surface area (Å²) in [5.41, 5.74) is 2.09. The quantitative estimate of drug-likeness (QED) is 0.714.